The molecule has 30 heavy (non-hydrogen) atoms. The molecule has 0 radical (unpaired) electrons. The van der Waals surface area contributed by atoms with Crippen LogP contribution in [-0.4, -0.2) is 34.9 Å². The molecule has 0 unspecified atom stereocenters. The van der Waals surface area contributed by atoms with E-state index in [0.29, 0.717) is 16.6 Å². The number of benzene rings is 2. The summed E-state index contributed by atoms with van der Waals surface area (Å²) in [6.07, 6.45) is 3.76. The van der Waals surface area contributed by atoms with Crippen molar-refractivity contribution in [1.29, 1.82) is 0 Å². The predicted molar refractivity (Wildman–Crippen MR) is 117 cm³/mol. The Balaban J connectivity index is 1.43. The van der Waals surface area contributed by atoms with E-state index >= 15 is 0 Å². The average molecular weight is 420 g/mol. The van der Waals surface area contributed by atoms with E-state index in [-0.39, 0.29) is 12.3 Å². The van der Waals surface area contributed by atoms with Gasteiger partial charge in [-0.3, -0.25) is 4.79 Å². The third kappa shape index (κ3) is 4.33. The monoisotopic (exact) mass is 420 g/mol. The van der Waals surface area contributed by atoms with E-state index < -0.39 is 0 Å². The van der Waals surface area contributed by atoms with Crippen LogP contribution in [0.5, 0.6) is 11.5 Å². The summed E-state index contributed by atoms with van der Waals surface area (Å²) in [6, 6.07) is 15.3. The first-order valence-corrected chi connectivity index (χ1v) is 10.1. The molecular weight excluding hydrogens is 400 g/mol. The van der Waals surface area contributed by atoms with Gasteiger partial charge in [-0.1, -0.05) is 18.2 Å². The number of rotatable bonds is 7. The lowest BCUT2D eigenvalue weighted by Crippen LogP contribution is -2.13. The first-order valence-electron chi connectivity index (χ1n) is 9.23. The molecule has 152 valence electrons. The van der Waals surface area contributed by atoms with Crippen molar-refractivity contribution >= 4 is 22.4 Å². The Labute approximate surface area is 177 Å². The molecule has 8 heteroatoms. The molecule has 1 N–H and O–H groups in total. The number of anilines is 1. The molecule has 0 aliphatic carbocycles. The van der Waals surface area contributed by atoms with Gasteiger partial charge >= 0.3 is 0 Å². The van der Waals surface area contributed by atoms with Crippen LogP contribution in [0.3, 0.4) is 0 Å². The molecule has 0 saturated heterocycles. The SMILES string of the molecule is COc1ccc(-c2csc(NC(=O)Cc3cnn(-c4ccccc4)c3)n2)c(OC)c1. The van der Waals surface area contributed by atoms with Crippen LogP contribution >= 0.6 is 11.3 Å². The number of hydrogen-bond acceptors (Lipinski definition) is 6. The third-order valence-corrected chi connectivity index (χ3v) is 5.21. The fraction of sp³-hybridized carbons (Fsp3) is 0.136. The Hall–Kier alpha value is -3.65. The summed E-state index contributed by atoms with van der Waals surface area (Å²) in [5.74, 6) is 1.21. The van der Waals surface area contributed by atoms with Crippen LogP contribution in [0, 0.1) is 0 Å². The number of carbonyl (C=O) groups is 1. The fourth-order valence-corrected chi connectivity index (χ4v) is 3.71. The number of methoxy groups -OCH3 is 2. The highest BCUT2D eigenvalue weighted by Gasteiger charge is 2.13. The highest BCUT2D eigenvalue weighted by molar-refractivity contribution is 7.14. The first-order chi connectivity index (χ1) is 14.7. The van der Waals surface area contributed by atoms with Crippen LogP contribution in [0.2, 0.25) is 0 Å². The minimum atomic E-state index is -0.148. The van der Waals surface area contributed by atoms with Gasteiger partial charge < -0.3 is 14.8 Å². The molecule has 0 aliphatic rings. The maximum absolute atomic E-state index is 12.5. The lowest BCUT2D eigenvalue weighted by atomic mass is 10.1. The maximum Gasteiger partial charge on any atom is 0.230 e. The van der Waals surface area contributed by atoms with Crippen LogP contribution in [-0.2, 0) is 11.2 Å². The highest BCUT2D eigenvalue weighted by atomic mass is 32.1. The number of hydrogen-bond donors (Lipinski definition) is 1. The summed E-state index contributed by atoms with van der Waals surface area (Å²) in [6.45, 7) is 0. The van der Waals surface area contributed by atoms with Crippen molar-refractivity contribution in [2.45, 2.75) is 6.42 Å². The van der Waals surface area contributed by atoms with Gasteiger partial charge in [0.15, 0.2) is 5.13 Å². The van der Waals surface area contributed by atoms with E-state index in [4.69, 9.17) is 9.47 Å². The Kier molecular flexibility index (Phi) is 5.76. The van der Waals surface area contributed by atoms with Crippen LogP contribution in [0.15, 0.2) is 66.3 Å². The molecule has 0 fully saturated rings. The van der Waals surface area contributed by atoms with Gasteiger partial charge in [0.25, 0.3) is 0 Å². The van der Waals surface area contributed by atoms with Crippen LogP contribution in [0.25, 0.3) is 16.9 Å². The molecule has 0 atom stereocenters. The number of aromatic nitrogens is 3. The summed E-state index contributed by atoms with van der Waals surface area (Å²) < 4.78 is 12.4. The van der Waals surface area contributed by atoms with E-state index in [1.165, 1.54) is 11.3 Å². The van der Waals surface area contributed by atoms with Gasteiger partial charge in [0.1, 0.15) is 11.5 Å². The summed E-state index contributed by atoms with van der Waals surface area (Å²) in [5.41, 5.74) is 3.33. The number of carbonyl (C=O) groups excluding carboxylic acids is 1. The van der Waals surface area contributed by atoms with Crippen LogP contribution < -0.4 is 14.8 Å². The van der Waals surface area contributed by atoms with Gasteiger partial charge in [0.2, 0.25) is 5.91 Å². The van der Waals surface area contributed by atoms with Crippen molar-refractivity contribution in [2.24, 2.45) is 0 Å². The van der Waals surface area contributed by atoms with Gasteiger partial charge in [-0.15, -0.1) is 11.3 Å². The van der Waals surface area contributed by atoms with Crippen molar-refractivity contribution in [3.63, 3.8) is 0 Å². The lowest BCUT2D eigenvalue weighted by Gasteiger charge is -2.08. The summed E-state index contributed by atoms with van der Waals surface area (Å²) in [5, 5.41) is 9.59. The normalized spacial score (nSPS) is 10.6. The minimum absolute atomic E-state index is 0.148. The number of nitrogens with zero attached hydrogens (tertiary/aromatic N) is 3. The molecule has 2 heterocycles. The van der Waals surface area contributed by atoms with Crippen molar-refractivity contribution in [3.05, 3.63) is 71.9 Å². The van der Waals surface area contributed by atoms with E-state index in [1.807, 2.05) is 54.0 Å². The minimum Gasteiger partial charge on any atom is -0.497 e. The summed E-state index contributed by atoms with van der Waals surface area (Å²) in [4.78, 5) is 17.0. The summed E-state index contributed by atoms with van der Waals surface area (Å²) >= 11 is 1.36. The lowest BCUT2D eigenvalue weighted by molar-refractivity contribution is -0.115. The van der Waals surface area contributed by atoms with Crippen molar-refractivity contribution < 1.29 is 14.3 Å². The van der Waals surface area contributed by atoms with Crippen LogP contribution in [0.4, 0.5) is 5.13 Å². The third-order valence-electron chi connectivity index (χ3n) is 4.46. The Morgan fingerprint density at radius 2 is 1.97 bits per heavy atom. The van der Waals surface area contributed by atoms with Crippen molar-refractivity contribution in [2.75, 3.05) is 19.5 Å². The zero-order valence-corrected chi connectivity index (χ0v) is 17.3. The molecule has 0 spiro atoms. The number of thiazole rings is 1. The Bertz CT molecular complexity index is 1150. The molecule has 1 amide bonds. The molecule has 0 aliphatic heterocycles. The maximum atomic E-state index is 12.5. The van der Waals surface area contributed by atoms with E-state index in [2.05, 4.69) is 15.4 Å². The molecular formula is C22H20N4O3S. The molecule has 2 aromatic heterocycles. The molecule has 0 saturated carbocycles. The van der Waals surface area contributed by atoms with E-state index in [1.54, 1.807) is 31.2 Å². The van der Waals surface area contributed by atoms with Gasteiger partial charge in [0.05, 0.1) is 38.2 Å². The van der Waals surface area contributed by atoms with Gasteiger partial charge in [-0.05, 0) is 29.8 Å². The second kappa shape index (κ2) is 8.79. The van der Waals surface area contributed by atoms with Gasteiger partial charge in [0, 0.05) is 23.2 Å². The molecule has 2 aromatic carbocycles. The molecule has 4 aromatic rings. The smallest absolute Gasteiger partial charge is 0.230 e. The standard InChI is InChI=1S/C22H20N4O3S/c1-28-17-8-9-18(20(11-17)29-2)19-14-30-22(24-19)25-21(27)10-15-12-23-26(13-15)16-6-4-3-5-7-16/h3-9,11-14H,10H2,1-2H3,(H,24,25,27). The second-order valence-electron chi connectivity index (χ2n) is 6.46. The topological polar surface area (TPSA) is 78.3 Å². The quantitative estimate of drug-likeness (QED) is 0.485. The largest absolute Gasteiger partial charge is 0.497 e. The van der Waals surface area contributed by atoms with Gasteiger partial charge in [-0.25, -0.2) is 9.67 Å². The average Bonchev–Trinajstić information content (AvgIpc) is 3.43. The molecule has 7 nitrogen and oxygen atoms in total. The number of para-hydroxylation sites is 1. The first kappa shape index (κ1) is 19.7. The Morgan fingerprint density at radius 3 is 2.73 bits per heavy atom. The zero-order valence-electron chi connectivity index (χ0n) is 16.5. The van der Waals surface area contributed by atoms with Gasteiger partial charge in [-0.2, -0.15) is 5.10 Å². The fourth-order valence-electron chi connectivity index (χ4n) is 2.99. The number of nitrogens with one attached hydrogen (secondary N) is 1. The highest BCUT2D eigenvalue weighted by Crippen LogP contribution is 2.34. The summed E-state index contributed by atoms with van der Waals surface area (Å²) in [7, 11) is 3.21. The molecule has 4 rings (SSSR count). The zero-order chi connectivity index (χ0) is 20.9. The van der Waals surface area contributed by atoms with Crippen LogP contribution in [0.1, 0.15) is 5.56 Å². The van der Waals surface area contributed by atoms with Crippen molar-refractivity contribution in [1.82, 2.24) is 14.8 Å². The molecule has 0 bridgehead atoms. The van der Waals surface area contributed by atoms with E-state index in [9.17, 15) is 4.79 Å². The van der Waals surface area contributed by atoms with E-state index in [0.717, 1.165) is 22.5 Å². The second-order valence-corrected chi connectivity index (χ2v) is 7.32. The number of ether oxygens (including phenoxy) is 2. The van der Waals surface area contributed by atoms with Crippen molar-refractivity contribution in [3.8, 4) is 28.4 Å². The number of amides is 1. The Morgan fingerprint density at radius 1 is 1.13 bits per heavy atom. The predicted octanol–water partition coefficient (Wildman–Crippen LogP) is 4.19.